The molecule has 2 aromatic rings. The van der Waals surface area contributed by atoms with Gasteiger partial charge in [0.2, 0.25) is 0 Å². The lowest BCUT2D eigenvalue weighted by molar-refractivity contribution is 0.164. The maximum atomic E-state index is 6.19. The summed E-state index contributed by atoms with van der Waals surface area (Å²) in [6, 6.07) is 4.21. The van der Waals surface area contributed by atoms with Crippen LogP contribution < -0.4 is 15.0 Å². The third kappa shape index (κ3) is 2.63. The van der Waals surface area contributed by atoms with Gasteiger partial charge in [0.1, 0.15) is 17.4 Å². The first kappa shape index (κ1) is 13.8. The Morgan fingerprint density at radius 1 is 1.00 bits per heavy atom. The molecule has 6 heteroatoms. The van der Waals surface area contributed by atoms with E-state index in [4.69, 9.17) is 4.74 Å². The molecule has 2 aliphatic heterocycles. The summed E-state index contributed by atoms with van der Waals surface area (Å²) in [5.41, 5.74) is 2.98. The van der Waals surface area contributed by atoms with Gasteiger partial charge in [0.05, 0.1) is 5.69 Å². The van der Waals surface area contributed by atoms with Gasteiger partial charge in [0.15, 0.2) is 5.52 Å². The van der Waals surface area contributed by atoms with Crippen LogP contribution in [0.4, 0.5) is 5.69 Å². The molecule has 2 saturated heterocycles. The van der Waals surface area contributed by atoms with Crippen molar-refractivity contribution in [3.05, 3.63) is 12.1 Å². The first-order valence-corrected chi connectivity index (χ1v) is 8.37. The highest BCUT2D eigenvalue weighted by atomic mass is 16.5. The largest absolute Gasteiger partial charge is 0.488 e. The van der Waals surface area contributed by atoms with Gasteiger partial charge in [-0.3, -0.25) is 0 Å². The van der Waals surface area contributed by atoms with Crippen LogP contribution in [0.3, 0.4) is 0 Å². The molecular formula is C16H23N5O. The number of aromatic nitrogens is 3. The Kier molecular flexibility index (Phi) is 3.84. The number of aromatic amines is 1. The Morgan fingerprint density at radius 2 is 1.77 bits per heavy atom. The Morgan fingerprint density at radius 3 is 2.59 bits per heavy atom. The second-order valence-corrected chi connectivity index (χ2v) is 6.22. The number of hydrogen-bond acceptors (Lipinski definition) is 5. The summed E-state index contributed by atoms with van der Waals surface area (Å²) in [4.78, 5) is 2.42. The fourth-order valence-corrected chi connectivity index (χ4v) is 3.47. The van der Waals surface area contributed by atoms with Gasteiger partial charge in [-0.25, -0.2) is 0 Å². The zero-order valence-electron chi connectivity index (χ0n) is 12.8. The SMILES string of the molecule is c1cc(N2CCCCC2)c2n[nH]nc2c1OC1CCNCC1. The normalized spacial score (nSPS) is 20.5. The molecule has 0 saturated carbocycles. The van der Waals surface area contributed by atoms with Crippen molar-refractivity contribution in [3.63, 3.8) is 0 Å². The molecule has 22 heavy (non-hydrogen) atoms. The summed E-state index contributed by atoms with van der Waals surface area (Å²) in [5.74, 6) is 0.858. The number of nitrogens with zero attached hydrogens (tertiary/aromatic N) is 3. The standard InChI is InChI=1S/C16H23N5O/c1-2-10-21(11-3-1)13-4-5-14(16-15(13)18-20-19-16)22-12-6-8-17-9-7-12/h4-5,12,17H,1-3,6-11H2,(H,18,19,20). The second kappa shape index (κ2) is 6.12. The topological polar surface area (TPSA) is 66.1 Å². The number of fused-ring (bicyclic) bond motifs is 1. The molecule has 0 bridgehead atoms. The van der Waals surface area contributed by atoms with Crippen LogP contribution in [0, 0.1) is 0 Å². The summed E-state index contributed by atoms with van der Waals surface area (Å²) in [6.45, 7) is 4.27. The van der Waals surface area contributed by atoms with Crippen LogP contribution in [0.1, 0.15) is 32.1 Å². The number of hydrogen-bond donors (Lipinski definition) is 2. The molecule has 2 fully saturated rings. The number of rotatable bonds is 3. The minimum Gasteiger partial charge on any atom is -0.488 e. The number of ether oxygens (including phenoxy) is 1. The molecule has 0 aliphatic carbocycles. The fourth-order valence-electron chi connectivity index (χ4n) is 3.47. The summed E-state index contributed by atoms with van der Waals surface area (Å²) >= 11 is 0. The molecule has 0 spiro atoms. The van der Waals surface area contributed by atoms with Crippen molar-refractivity contribution >= 4 is 16.7 Å². The summed E-state index contributed by atoms with van der Waals surface area (Å²) in [5, 5.41) is 14.9. The molecule has 0 atom stereocenters. The van der Waals surface area contributed by atoms with E-state index in [-0.39, 0.29) is 6.10 Å². The Hall–Kier alpha value is -1.82. The van der Waals surface area contributed by atoms with Crippen molar-refractivity contribution < 1.29 is 4.74 Å². The van der Waals surface area contributed by atoms with Crippen LogP contribution in [-0.4, -0.2) is 47.7 Å². The fraction of sp³-hybridized carbons (Fsp3) is 0.625. The Bertz CT molecular complexity index is 628. The molecule has 0 amide bonds. The van der Waals surface area contributed by atoms with Gasteiger partial charge in [-0.2, -0.15) is 15.4 Å². The molecule has 1 aromatic carbocycles. The minimum atomic E-state index is 0.280. The second-order valence-electron chi connectivity index (χ2n) is 6.22. The van der Waals surface area contributed by atoms with E-state index in [1.54, 1.807) is 0 Å². The molecule has 2 N–H and O–H groups in total. The maximum Gasteiger partial charge on any atom is 0.156 e. The molecule has 2 aliphatic rings. The Labute approximate surface area is 130 Å². The van der Waals surface area contributed by atoms with Crippen LogP contribution in [0.5, 0.6) is 5.75 Å². The minimum absolute atomic E-state index is 0.280. The lowest BCUT2D eigenvalue weighted by Gasteiger charge is -2.29. The monoisotopic (exact) mass is 301 g/mol. The predicted molar refractivity (Wildman–Crippen MR) is 86.5 cm³/mol. The van der Waals surface area contributed by atoms with E-state index in [0.717, 1.165) is 55.8 Å². The zero-order chi connectivity index (χ0) is 14.8. The summed E-state index contributed by atoms with van der Waals surface area (Å²) in [7, 11) is 0. The lowest BCUT2D eigenvalue weighted by Crippen LogP contribution is -2.34. The molecule has 0 radical (unpaired) electrons. The van der Waals surface area contributed by atoms with Crippen molar-refractivity contribution in [2.24, 2.45) is 0 Å². The highest BCUT2D eigenvalue weighted by Crippen LogP contribution is 2.33. The first-order chi connectivity index (χ1) is 10.9. The van der Waals surface area contributed by atoms with Gasteiger partial charge in [-0.15, -0.1) is 0 Å². The molecule has 4 rings (SSSR count). The Balaban J connectivity index is 1.62. The molecular weight excluding hydrogens is 278 g/mol. The van der Waals surface area contributed by atoms with Crippen LogP contribution in [0.2, 0.25) is 0 Å². The van der Waals surface area contributed by atoms with Crippen molar-refractivity contribution in [1.29, 1.82) is 0 Å². The van der Waals surface area contributed by atoms with E-state index in [1.807, 2.05) is 0 Å². The molecule has 1 aromatic heterocycles. The van der Waals surface area contributed by atoms with E-state index < -0.39 is 0 Å². The number of nitrogens with one attached hydrogen (secondary N) is 2. The third-order valence-corrected chi connectivity index (χ3v) is 4.69. The number of H-pyrrole nitrogens is 1. The zero-order valence-corrected chi connectivity index (χ0v) is 12.8. The van der Waals surface area contributed by atoms with Crippen LogP contribution in [0.25, 0.3) is 11.0 Å². The molecule has 3 heterocycles. The van der Waals surface area contributed by atoms with Crippen LogP contribution in [-0.2, 0) is 0 Å². The van der Waals surface area contributed by atoms with Gasteiger partial charge in [0.25, 0.3) is 0 Å². The first-order valence-electron chi connectivity index (χ1n) is 8.37. The van der Waals surface area contributed by atoms with Crippen molar-refractivity contribution in [2.45, 2.75) is 38.2 Å². The third-order valence-electron chi connectivity index (χ3n) is 4.69. The van der Waals surface area contributed by atoms with E-state index in [0.29, 0.717) is 0 Å². The maximum absolute atomic E-state index is 6.19. The number of anilines is 1. The van der Waals surface area contributed by atoms with Crippen molar-refractivity contribution in [2.75, 3.05) is 31.1 Å². The average molecular weight is 301 g/mol. The van der Waals surface area contributed by atoms with E-state index in [2.05, 4.69) is 37.8 Å². The van der Waals surface area contributed by atoms with E-state index >= 15 is 0 Å². The van der Waals surface area contributed by atoms with Gasteiger partial charge < -0.3 is 15.0 Å². The van der Waals surface area contributed by atoms with Crippen LogP contribution >= 0.6 is 0 Å². The van der Waals surface area contributed by atoms with Crippen molar-refractivity contribution in [3.8, 4) is 5.75 Å². The average Bonchev–Trinajstić information content (AvgIpc) is 3.07. The van der Waals surface area contributed by atoms with Crippen LogP contribution in [0.15, 0.2) is 12.1 Å². The molecule has 118 valence electrons. The molecule has 0 unspecified atom stereocenters. The summed E-state index contributed by atoms with van der Waals surface area (Å²) < 4.78 is 6.19. The predicted octanol–water partition coefficient (Wildman–Crippen LogP) is 2.08. The van der Waals surface area contributed by atoms with Gasteiger partial charge >= 0.3 is 0 Å². The number of benzene rings is 1. The highest BCUT2D eigenvalue weighted by molar-refractivity contribution is 5.92. The number of piperidine rings is 2. The lowest BCUT2D eigenvalue weighted by atomic mass is 10.1. The van der Waals surface area contributed by atoms with Gasteiger partial charge in [-0.05, 0) is 57.3 Å². The molecule has 6 nitrogen and oxygen atoms in total. The van der Waals surface area contributed by atoms with Crippen molar-refractivity contribution in [1.82, 2.24) is 20.7 Å². The highest BCUT2D eigenvalue weighted by Gasteiger charge is 2.20. The van der Waals surface area contributed by atoms with E-state index in [1.165, 1.54) is 24.9 Å². The summed E-state index contributed by atoms with van der Waals surface area (Å²) in [6.07, 6.45) is 6.22. The smallest absolute Gasteiger partial charge is 0.156 e. The quantitative estimate of drug-likeness (QED) is 0.908. The van der Waals surface area contributed by atoms with Gasteiger partial charge in [-0.1, -0.05) is 0 Å². The van der Waals surface area contributed by atoms with Gasteiger partial charge in [0, 0.05) is 13.1 Å². The van der Waals surface area contributed by atoms with E-state index in [9.17, 15) is 0 Å².